The van der Waals surface area contributed by atoms with Crippen molar-refractivity contribution < 1.29 is 4.42 Å². The third-order valence-electron chi connectivity index (χ3n) is 2.09. The molecule has 0 bridgehead atoms. The fourth-order valence-electron chi connectivity index (χ4n) is 1.40. The van der Waals surface area contributed by atoms with E-state index in [1.807, 2.05) is 18.3 Å². The molecule has 0 aromatic carbocycles. The van der Waals surface area contributed by atoms with Crippen LogP contribution in [-0.2, 0) is 0 Å². The van der Waals surface area contributed by atoms with Crippen LogP contribution >= 0.6 is 27.5 Å². The number of pyridine rings is 1. The van der Waals surface area contributed by atoms with Crippen molar-refractivity contribution in [3.8, 4) is 11.6 Å². The number of furan rings is 1. The zero-order valence-electron chi connectivity index (χ0n) is 7.89. The molecule has 0 saturated heterocycles. The highest BCUT2D eigenvalue weighted by Gasteiger charge is 2.10. The van der Waals surface area contributed by atoms with Gasteiger partial charge >= 0.3 is 0 Å². The van der Waals surface area contributed by atoms with E-state index in [4.69, 9.17) is 16.0 Å². The molecule has 4 nitrogen and oxygen atoms in total. The minimum Gasteiger partial charge on any atom is -0.441 e. The van der Waals surface area contributed by atoms with Crippen LogP contribution in [0.4, 0.5) is 0 Å². The Kier molecular flexibility index (Phi) is 2.22. The van der Waals surface area contributed by atoms with E-state index in [1.165, 1.54) is 0 Å². The number of hydrogen-bond acceptors (Lipinski definition) is 3. The summed E-state index contributed by atoms with van der Waals surface area (Å²) in [5, 5.41) is 4.61. The molecule has 3 aromatic rings. The Balaban J connectivity index is 2.18. The normalized spacial score (nSPS) is 11.1. The monoisotopic (exact) mass is 297 g/mol. The molecule has 0 fully saturated rings. The zero-order chi connectivity index (χ0) is 11.1. The van der Waals surface area contributed by atoms with Crippen LogP contribution in [0.25, 0.3) is 17.2 Å². The average molecular weight is 299 g/mol. The van der Waals surface area contributed by atoms with Gasteiger partial charge in [-0.25, -0.2) is 9.50 Å². The second kappa shape index (κ2) is 3.61. The average Bonchev–Trinajstić information content (AvgIpc) is 2.83. The second-order valence-corrected chi connectivity index (χ2v) is 4.48. The van der Waals surface area contributed by atoms with Gasteiger partial charge < -0.3 is 4.42 Å². The van der Waals surface area contributed by atoms with E-state index in [9.17, 15) is 0 Å². The van der Waals surface area contributed by atoms with Gasteiger partial charge in [-0.1, -0.05) is 0 Å². The first kappa shape index (κ1) is 9.86. The van der Waals surface area contributed by atoms with E-state index in [0.29, 0.717) is 16.8 Å². The highest BCUT2D eigenvalue weighted by molar-refractivity contribution is 9.10. The number of fused-ring (bicyclic) bond motifs is 1. The van der Waals surface area contributed by atoms with Gasteiger partial charge in [-0.05, 0) is 51.8 Å². The minimum absolute atomic E-state index is 0.329. The van der Waals surface area contributed by atoms with Crippen molar-refractivity contribution in [3.63, 3.8) is 0 Å². The van der Waals surface area contributed by atoms with E-state index >= 15 is 0 Å². The maximum atomic E-state index is 5.70. The summed E-state index contributed by atoms with van der Waals surface area (Å²) in [6, 6.07) is 7.18. The fraction of sp³-hybridized carbons (Fsp3) is 0. The molecule has 0 N–H and O–H groups in total. The maximum absolute atomic E-state index is 5.70. The van der Waals surface area contributed by atoms with Crippen LogP contribution < -0.4 is 0 Å². The quantitative estimate of drug-likeness (QED) is 0.691. The van der Waals surface area contributed by atoms with Crippen molar-refractivity contribution in [1.82, 2.24) is 14.6 Å². The third kappa shape index (κ3) is 1.62. The number of aromatic nitrogens is 3. The van der Waals surface area contributed by atoms with Crippen LogP contribution in [0.5, 0.6) is 0 Å². The van der Waals surface area contributed by atoms with Crippen molar-refractivity contribution in [2.45, 2.75) is 0 Å². The molecule has 0 amide bonds. The zero-order valence-corrected chi connectivity index (χ0v) is 10.2. The van der Waals surface area contributed by atoms with E-state index < -0.39 is 0 Å². The lowest BCUT2D eigenvalue weighted by atomic mass is 10.4. The Labute approximate surface area is 104 Å². The summed E-state index contributed by atoms with van der Waals surface area (Å²) in [5.41, 5.74) is 0.755. The molecule has 3 aromatic heterocycles. The molecule has 0 aliphatic heterocycles. The number of rotatable bonds is 1. The number of hydrogen-bond donors (Lipinski definition) is 0. The summed E-state index contributed by atoms with van der Waals surface area (Å²) >= 11 is 9.07. The van der Waals surface area contributed by atoms with Gasteiger partial charge in [0.25, 0.3) is 0 Å². The highest BCUT2D eigenvalue weighted by Crippen LogP contribution is 2.22. The second-order valence-electron chi connectivity index (χ2n) is 3.19. The summed E-state index contributed by atoms with van der Waals surface area (Å²) in [6.45, 7) is 0. The van der Waals surface area contributed by atoms with Gasteiger partial charge in [-0.15, -0.1) is 5.10 Å². The molecule has 0 aliphatic carbocycles. The van der Waals surface area contributed by atoms with Crippen LogP contribution in [0.2, 0.25) is 5.22 Å². The van der Waals surface area contributed by atoms with Gasteiger partial charge in [-0.2, -0.15) is 0 Å². The molecule has 0 unspecified atom stereocenters. The number of nitrogens with zero attached hydrogens (tertiary/aromatic N) is 3. The van der Waals surface area contributed by atoms with Gasteiger partial charge in [0.1, 0.15) is 0 Å². The van der Waals surface area contributed by atoms with Gasteiger partial charge in [0.15, 0.2) is 16.6 Å². The molecular weight excluding hydrogens is 293 g/mol. The van der Waals surface area contributed by atoms with E-state index in [-0.39, 0.29) is 0 Å². The minimum atomic E-state index is 0.329. The van der Waals surface area contributed by atoms with Crippen molar-refractivity contribution >= 4 is 33.2 Å². The molecule has 0 atom stereocenters. The molecule has 3 heterocycles. The lowest BCUT2D eigenvalue weighted by molar-refractivity contribution is 0.579. The predicted molar refractivity (Wildman–Crippen MR) is 63.4 cm³/mol. The van der Waals surface area contributed by atoms with Crippen molar-refractivity contribution in [2.24, 2.45) is 0 Å². The lowest BCUT2D eigenvalue weighted by Crippen LogP contribution is -1.85. The standard InChI is InChI=1S/C10H5BrClN3O/c11-6-1-4-9-13-10(14-15(9)5-6)7-2-3-8(12)16-7/h1-5H. The Morgan fingerprint density at radius 3 is 2.88 bits per heavy atom. The summed E-state index contributed by atoms with van der Waals surface area (Å²) < 4.78 is 7.86. The van der Waals surface area contributed by atoms with Crippen LogP contribution in [-0.4, -0.2) is 14.6 Å². The first-order chi connectivity index (χ1) is 7.72. The largest absolute Gasteiger partial charge is 0.441 e. The molecule has 0 radical (unpaired) electrons. The molecule has 80 valence electrons. The van der Waals surface area contributed by atoms with E-state index in [2.05, 4.69) is 26.0 Å². The maximum Gasteiger partial charge on any atom is 0.217 e. The van der Waals surface area contributed by atoms with Gasteiger partial charge in [0.05, 0.1) is 0 Å². The summed E-state index contributed by atoms with van der Waals surface area (Å²) in [5.74, 6) is 1.08. The Morgan fingerprint density at radius 2 is 2.12 bits per heavy atom. The summed E-state index contributed by atoms with van der Waals surface area (Å²) in [7, 11) is 0. The fourth-order valence-corrected chi connectivity index (χ4v) is 1.87. The summed E-state index contributed by atoms with van der Waals surface area (Å²) in [4.78, 5) is 4.32. The molecule has 0 saturated carbocycles. The molecule has 16 heavy (non-hydrogen) atoms. The lowest BCUT2D eigenvalue weighted by Gasteiger charge is -1.89. The van der Waals surface area contributed by atoms with Crippen LogP contribution in [0.1, 0.15) is 0 Å². The molecular formula is C10H5BrClN3O. The number of halogens is 2. The Bertz CT molecular complexity index is 661. The van der Waals surface area contributed by atoms with Gasteiger partial charge in [0.2, 0.25) is 5.82 Å². The van der Waals surface area contributed by atoms with Crippen molar-refractivity contribution in [3.05, 3.63) is 40.2 Å². The van der Waals surface area contributed by atoms with Crippen LogP contribution in [0.15, 0.2) is 39.4 Å². The first-order valence-electron chi connectivity index (χ1n) is 4.50. The van der Waals surface area contributed by atoms with E-state index in [0.717, 1.165) is 10.1 Å². The van der Waals surface area contributed by atoms with E-state index in [1.54, 1.807) is 16.6 Å². The van der Waals surface area contributed by atoms with Crippen LogP contribution in [0.3, 0.4) is 0 Å². The predicted octanol–water partition coefficient (Wildman–Crippen LogP) is 3.41. The topological polar surface area (TPSA) is 43.3 Å². The molecule has 6 heteroatoms. The first-order valence-corrected chi connectivity index (χ1v) is 5.67. The van der Waals surface area contributed by atoms with Gasteiger partial charge in [-0.3, -0.25) is 0 Å². The molecule has 3 rings (SSSR count). The molecule has 0 aliphatic rings. The summed E-state index contributed by atoms with van der Waals surface area (Å²) in [6.07, 6.45) is 1.83. The van der Waals surface area contributed by atoms with Gasteiger partial charge in [0, 0.05) is 10.7 Å². The van der Waals surface area contributed by atoms with Crippen LogP contribution in [0, 0.1) is 0 Å². The Morgan fingerprint density at radius 1 is 1.25 bits per heavy atom. The smallest absolute Gasteiger partial charge is 0.217 e. The van der Waals surface area contributed by atoms with Crippen molar-refractivity contribution in [2.75, 3.05) is 0 Å². The molecule has 0 spiro atoms. The highest BCUT2D eigenvalue weighted by atomic mass is 79.9. The Hall–Kier alpha value is -1.33. The third-order valence-corrected chi connectivity index (χ3v) is 2.76. The van der Waals surface area contributed by atoms with Crippen molar-refractivity contribution in [1.29, 1.82) is 0 Å². The SMILES string of the molecule is Clc1ccc(-c2nc3ccc(Br)cn3n2)o1.